The van der Waals surface area contributed by atoms with Gasteiger partial charge in [-0.1, -0.05) is 12.8 Å². The first-order valence-electron chi connectivity index (χ1n) is 8.02. The van der Waals surface area contributed by atoms with Gasteiger partial charge in [0.2, 0.25) is 5.88 Å². The molecule has 0 N–H and O–H groups in total. The normalized spacial score (nSPS) is 26.8. The van der Waals surface area contributed by atoms with Crippen molar-refractivity contribution in [2.75, 3.05) is 14.2 Å². The highest BCUT2D eigenvalue weighted by Crippen LogP contribution is 2.42. The average Bonchev–Trinajstić information content (AvgIpc) is 2.84. The number of carbonyl (C=O) groups is 1. The maximum absolute atomic E-state index is 12.2. The summed E-state index contributed by atoms with van der Waals surface area (Å²) < 4.78 is 6.10. The Morgan fingerprint density at radius 3 is 2.55 bits per heavy atom. The molecule has 0 spiro atoms. The first-order chi connectivity index (χ1) is 10.5. The van der Waals surface area contributed by atoms with Crippen LogP contribution in [0.2, 0.25) is 0 Å². The van der Waals surface area contributed by atoms with E-state index in [4.69, 9.17) is 9.57 Å². The zero-order valence-corrected chi connectivity index (χ0v) is 13.5. The molecule has 2 bridgehead atoms. The van der Waals surface area contributed by atoms with Crippen molar-refractivity contribution in [3.05, 3.63) is 23.4 Å². The minimum Gasteiger partial charge on any atom is -0.474 e. The van der Waals surface area contributed by atoms with Crippen LogP contribution in [0.15, 0.2) is 12.1 Å². The van der Waals surface area contributed by atoms with Gasteiger partial charge in [-0.15, -0.1) is 0 Å². The van der Waals surface area contributed by atoms with Gasteiger partial charge in [0.1, 0.15) is 6.10 Å². The standard InChI is InChI=1S/C17H24N2O3/c1-11-6-14(17(20)19(2)21-3)10-16(18-11)22-15-8-12-4-5-13(7-12)9-15/h6,10,12-13,15H,4-5,7-9H2,1-3H3/t12-,13+,15-. The van der Waals surface area contributed by atoms with E-state index in [-0.39, 0.29) is 12.0 Å². The van der Waals surface area contributed by atoms with Crippen molar-refractivity contribution in [1.82, 2.24) is 10.0 Å². The lowest BCUT2D eigenvalue weighted by molar-refractivity contribution is -0.0757. The lowest BCUT2D eigenvalue weighted by atomic mass is 9.87. The van der Waals surface area contributed by atoms with Gasteiger partial charge in [-0.05, 0) is 44.1 Å². The predicted octanol–water partition coefficient (Wildman–Crippen LogP) is 2.98. The van der Waals surface area contributed by atoms with Crippen LogP contribution in [0, 0.1) is 18.8 Å². The van der Waals surface area contributed by atoms with Crippen molar-refractivity contribution < 1.29 is 14.4 Å². The van der Waals surface area contributed by atoms with Crippen LogP contribution in [-0.4, -0.2) is 36.2 Å². The number of hydrogen-bond acceptors (Lipinski definition) is 4. The molecule has 1 aromatic heterocycles. The predicted molar refractivity (Wildman–Crippen MR) is 82.6 cm³/mol. The Bertz CT molecular complexity index is 549. The van der Waals surface area contributed by atoms with E-state index in [1.165, 1.54) is 31.4 Å². The molecule has 1 amide bonds. The van der Waals surface area contributed by atoms with Gasteiger partial charge in [-0.3, -0.25) is 9.63 Å². The van der Waals surface area contributed by atoms with Crippen LogP contribution in [0.25, 0.3) is 0 Å². The summed E-state index contributed by atoms with van der Waals surface area (Å²) in [5.74, 6) is 1.99. The van der Waals surface area contributed by atoms with Crippen LogP contribution >= 0.6 is 0 Å². The Labute approximate surface area is 131 Å². The third kappa shape index (κ3) is 3.24. The topological polar surface area (TPSA) is 51.7 Å². The van der Waals surface area contributed by atoms with Crippen molar-refractivity contribution in [2.24, 2.45) is 11.8 Å². The number of pyridine rings is 1. The van der Waals surface area contributed by atoms with E-state index in [0.29, 0.717) is 11.4 Å². The molecule has 1 heterocycles. The fourth-order valence-electron chi connectivity index (χ4n) is 3.80. The fraction of sp³-hybridized carbons (Fsp3) is 0.647. The molecular formula is C17H24N2O3. The van der Waals surface area contributed by atoms with Crippen molar-refractivity contribution >= 4 is 5.91 Å². The number of fused-ring (bicyclic) bond motifs is 2. The van der Waals surface area contributed by atoms with Gasteiger partial charge in [0.15, 0.2) is 0 Å². The second-order valence-electron chi connectivity index (χ2n) is 6.58. The SMILES string of the molecule is CON(C)C(=O)c1cc(C)nc(O[C@@H]2C[C@@H]3CC[C@@H](C3)C2)c1. The largest absolute Gasteiger partial charge is 0.474 e. The van der Waals surface area contributed by atoms with Gasteiger partial charge in [-0.25, -0.2) is 10.0 Å². The van der Waals surface area contributed by atoms with Crippen molar-refractivity contribution in [1.29, 1.82) is 0 Å². The molecule has 0 saturated heterocycles. The summed E-state index contributed by atoms with van der Waals surface area (Å²) in [5.41, 5.74) is 1.33. The Kier molecular flexibility index (Phi) is 4.34. The molecule has 5 heteroatoms. The van der Waals surface area contributed by atoms with Crippen LogP contribution < -0.4 is 4.74 Å². The van der Waals surface area contributed by atoms with E-state index in [1.54, 1.807) is 19.2 Å². The Balaban J connectivity index is 1.73. The van der Waals surface area contributed by atoms with Crippen molar-refractivity contribution in [3.8, 4) is 5.88 Å². The van der Waals surface area contributed by atoms with Gasteiger partial charge in [0, 0.05) is 24.4 Å². The number of aryl methyl sites for hydroxylation is 1. The number of nitrogens with zero attached hydrogens (tertiary/aromatic N) is 2. The smallest absolute Gasteiger partial charge is 0.277 e. The summed E-state index contributed by atoms with van der Waals surface area (Å²) in [6.45, 7) is 1.88. The highest BCUT2D eigenvalue weighted by atomic mass is 16.7. The number of hydrogen-bond donors (Lipinski definition) is 0. The zero-order valence-electron chi connectivity index (χ0n) is 13.5. The summed E-state index contributed by atoms with van der Waals surface area (Å²) >= 11 is 0. The summed E-state index contributed by atoms with van der Waals surface area (Å²) in [4.78, 5) is 21.6. The second kappa shape index (κ2) is 6.24. The molecule has 120 valence electrons. The summed E-state index contributed by atoms with van der Waals surface area (Å²) in [5, 5.41) is 1.21. The molecule has 1 aromatic rings. The highest BCUT2D eigenvalue weighted by molar-refractivity contribution is 5.93. The molecule has 22 heavy (non-hydrogen) atoms. The fourth-order valence-corrected chi connectivity index (χ4v) is 3.80. The van der Waals surface area contributed by atoms with E-state index in [1.807, 2.05) is 6.92 Å². The molecule has 2 fully saturated rings. The lowest BCUT2D eigenvalue weighted by Crippen LogP contribution is -2.27. The molecule has 5 nitrogen and oxygen atoms in total. The molecule has 0 radical (unpaired) electrons. The zero-order chi connectivity index (χ0) is 15.7. The summed E-state index contributed by atoms with van der Waals surface area (Å²) in [7, 11) is 3.07. The van der Waals surface area contributed by atoms with Gasteiger partial charge < -0.3 is 4.74 Å². The minimum absolute atomic E-state index is 0.193. The monoisotopic (exact) mass is 304 g/mol. The number of hydroxylamine groups is 2. The van der Waals surface area contributed by atoms with E-state index < -0.39 is 0 Å². The molecule has 0 aliphatic heterocycles. The maximum atomic E-state index is 12.2. The molecule has 2 saturated carbocycles. The van der Waals surface area contributed by atoms with Crippen LogP contribution in [0.5, 0.6) is 5.88 Å². The quantitative estimate of drug-likeness (QED) is 0.802. The third-order valence-electron chi connectivity index (χ3n) is 4.87. The van der Waals surface area contributed by atoms with E-state index in [0.717, 1.165) is 30.4 Å². The van der Waals surface area contributed by atoms with E-state index in [2.05, 4.69) is 4.98 Å². The Morgan fingerprint density at radius 1 is 1.23 bits per heavy atom. The molecule has 0 aromatic carbocycles. The lowest BCUT2D eigenvalue weighted by Gasteiger charge is -2.28. The molecule has 3 atom stereocenters. The third-order valence-corrected chi connectivity index (χ3v) is 4.87. The van der Waals surface area contributed by atoms with E-state index in [9.17, 15) is 4.79 Å². The average molecular weight is 304 g/mol. The maximum Gasteiger partial charge on any atom is 0.277 e. The number of rotatable bonds is 4. The number of carbonyl (C=O) groups excluding carboxylic acids is 1. The Morgan fingerprint density at radius 2 is 1.91 bits per heavy atom. The summed E-state index contributed by atoms with van der Waals surface area (Å²) in [6.07, 6.45) is 6.52. The number of amides is 1. The van der Waals surface area contributed by atoms with Crippen LogP contribution in [0.1, 0.15) is 48.2 Å². The first kappa shape index (κ1) is 15.3. The molecule has 3 rings (SSSR count). The van der Waals surface area contributed by atoms with Crippen molar-refractivity contribution in [3.63, 3.8) is 0 Å². The summed E-state index contributed by atoms with van der Waals surface area (Å²) in [6, 6.07) is 3.48. The van der Waals surface area contributed by atoms with Crippen LogP contribution in [-0.2, 0) is 4.84 Å². The molecule has 0 unspecified atom stereocenters. The van der Waals surface area contributed by atoms with E-state index >= 15 is 0 Å². The van der Waals surface area contributed by atoms with Crippen LogP contribution in [0.4, 0.5) is 0 Å². The highest BCUT2D eigenvalue weighted by Gasteiger charge is 2.35. The first-order valence-corrected chi connectivity index (χ1v) is 8.02. The van der Waals surface area contributed by atoms with Gasteiger partial charge in [0.25, 0.3) is 5.91 Å². The van der Waals surface area contributed by atoms with Gasteiger partial charge in [0.05, 0.1) is 7.11 Å². The number of ether oxygens (including phenoxy) is 1. The molecule has 2 aliphatic rings. The van der Waals surface area contributed by atoms with Gasteiger partial charge in [-0.2, -0.15) is 0 Å². The molecule has 2 aliphatic carbocycles. The number of aromatic nitrogens is 1. The molecular weight excluding hydrogens is 280 g/mol. The van der Waals surface area contributed by atoms with Gasteiger partial charge >= 0.3 is 0 Å². The van der Waals surface area contributed by atoms with Crippen LogP contribution in [0.3, 0.4) is 0 Å². The van der Waals surface area contributed by atoms with Crippen molar-refractivity contribution in [2.45, 2.75) is 45.1 Å². The second-order valence-corrected chi connectivity index (χ2v) is 6.58. The Hall–Kier alpha value is -1.62. The minimum atomic E-state index is -0.193.